The number of nitrogens with one attached hydrogen (secondary N) is 1. The second-order valence-corrected chi connectivity index (χ2v) is 10.1. The van der Waals surface area contributed by atoms with Crippen molar-refractivity contribution < 1.29 is 13.2 Å². The molecule has 0 atom stereocenters. The first-order chi connectivity index (χ1) is 15.2. The molecule has 2 aromatic carbocycles. The van der Waals surface area contributed by atoms with E-state index in [0.717, 1.165) is 17.0 Å². The number of anilines is 1. The van der Waals surface area contributed by atoms with Crippen molar-refractivity contribution in [3.8, 4) is 0 Å². The predicted molar refractivity (Wildman–Crippen MR) is 128 cm³/mol. The van der Waals surface area contributed by atoms with Crippen LogP contribution in [-0.2, 0) is 28.3 Å². The maximum atomic E-state index is 12.8. The van der Waals surface area contributed by atoms with Crippen molar-refractivity contribution in [2.45, 2.75) is 51.3 Å². The number of fused-ring (bicyclic) bond motifs is 1. The Morgan fingerprint density at radius 3 is 2.34 bits per heavy atom. The van der Waals surface area contributed by atoms with Crippen LogP contribution >= 0.6 is 0 Å². The van der Waals surface area contributed by atoms with Crippen LogP contribution < -0.4 is 5.32 Å². The molecule has 7 nitrogen and oxygen atoms in total. The summed E-state index contributed by atoms with van der Waals surface area (Å²) in [5, 5.41) is 2.93. The van der Waals surface area contributed by atoms with E-state index < -0.39 is 10.0 Å². The van der Waals surface area contributed by atoms with Gasteiger partial charge in [-0.05, 0) is 41.8 Å². The lowest BCUT2D eigenvalue weighted by molar-refractivity contribution is -0.116. The van der Waals surface area contributed by atoms with Crippen molar-refractivity contribution in [1.29, 1.82) is 0 Å². The zero-order valence-corrected chi connectivity index (χ0v) is 20.2. The SMILES string of the molecule is CCN(CC)S(=O)(=O)c1ccc2c(c1)nc(CCC(=O)Nc1ccc(C(C)C)cc1)n2C. The van der Waals surface area contributed by atoms with Crippen LogP contribution in [0.4, 0.5) is 5.69 Å². The van der Waals surface area contributed by atoms with Crippen LogP contribution in [0.25, 0.3) is 11.0 Å². The third-order valence-electron chi connectivity index (χ3n) is 5.72. The van der Waals surface area contributed by atoms with Crippen molar-refractivity contribution in [2.24, 2.45) is 7.05 Å². The number of nitrogens with zero attached hydrogens (tertiary/aromatic N) is 3. The van der Waals surface area contributed by atoms with Gasteiger partial charge in [0.05, 0.1) is 15.9 Å². The second kappa shape index (κ2) is 9.83. The Labute approximate surface area is 190 Å². The molecule has 0 aliphatic carbocycles. The molecule has 0 radical (unpaired) electrons. The fourth-order valence-electron chi connectivity index (χ4n) is 3.73. The number of carbonyl (C=O) groups excluding carboxylic acids is 1. The largest absolute Gasteiger partial charge is 0.331 e. The van der Waals surface area contributed by atoms with Gasteiger partial charge in [-0.15, -0.1) is 0 Å². The van der Waals surface area contributed by atoms with Gasteiger partial charge in [-0.25, -0.2) is 13.4 Å². The lowest BCUT2D eigenvalue weighted by atomic mass is 10.0. The highest BCUT2D eigenvalue weighted by Gasteiger charge is 2.22. The Morgan fingerprint density at radius 2 is 1.75 bits per heavy atom. The first-order valence-electron chi connectivity index (χ1n) is 11.0. The molecule has 0 aliphatic heterocycles. The number of sulfonamides is 1. The Morgan fingerprint density at radius 1 is 1.09 bits per heavy atom. The number of aromatic nitrogens is 2. The van der Waals surface area contributed by atoms with E-state index in [1.54, 1.807) is 18.2 Å². The Balaban J connectivity index is 1.72. The summed E-state index contributed by atoms with van der Waals surface area (Å²) in [5.74, 6) is 1.10. The maximum absolute atomic E-state index is 12.8. The second-order valence-electron chi connectivity index (χ2n) is 8.15. The normalized spacial score (nSPS) is 12.1. The highest BCUT2D eigenvalue weighted by molar-refractivity contribution is 7.89. The third-order valence-corrected chi connectivity index (χ3v) is 7.77. The molecule has 3 aromatic rings. The summed E-state index contributed by atoms with van der Waals surface area (Å²) in [4.78, 5) is 17.3. The quantitative estimate of drug-likeness (QED) is 0.520. The summed E-state index contributed by atoms with van der Waals surface area (Å²) in [6, 6.07) is 12.9. The van der Waals surface area contributed by atoms with Crippen molar-refractivity contribution in [2.75, 3.05) is 18.4 Å². The Kier molecular flexibility index (Phi) is 7.36. The minimum absolute atomic E-state index is 0.0841. The van der Waals surface area contributed by atoms with E-state index in [-0.39, 0.29) is 17.2 Å². The Hall–Kier alpha value is -2.71. The van der Waals surface area contributed by atoms with E-state index in [0.29, 0.717) is 30.9 Å². The van der Waals surface area contributed by atoms with E-state index in [2.05, 4.69) is 24.1 Å². The summed E-state index contributed by atoms with van der Waals surface area (Å²) in [5.41, 5.74) is 3.45. The van der Waals surface area contributed by atoms with Gasteiger partial charge in [0, 0.05) is 38.7 Å². The van der Waals surface area contributed by atoms with Crippen molar-refractivity contribution in [1.82, 2.24) is 13.9 Å². The lowest BCUT2D eigenvalue weighted by Gasteiger charge is -2.18. The standard InChI is InChI=1S/C24H32N4O3S/c1-6-28(7-2)32(30,31)20-12-13-22-21(16-20)26-23(27(22)5)14-15-24(29)25-19-10-8-18(9-11-19)17(3)4/h8-13,16-17H,6-7,14-15H2,1-5H3,(H,25,29). The minimum Gasteiger partial charge on any atom is -0.331 e. The average molecular weight is 457 g/mol. The van der Waals surface area contributed by atoms with Gasteiger partial charge in [-0.3, -0.25) is 4.79 Å². The lowest BCUT2D eigenvalue weighted by Crippen LogP contribution is -2.30. The van der Waals surface area contributed by atoms with Crippen LogP contribution in [0.2, 0.25) is 0 Å². The first-order valence-corrected chi connectivity index (χ1v) is 12.5. The minimum atomic E-state index is -3.55. The van der Waals surface area contributed by atoms with Crippen LogP contribution in [-0.4, -0.2) is 41.3 Å². The number of imidazole rings is 1. The third kappa shape index (κ3) is 5.02. The molecule has 3 rings (SSSR count). The number of carbonyl (C=O) groups is 1. The molecule has 32 heavy (non-hydrogen) atoms. The summed E-state index contributed by atoms with van der Waals surface area (Å²) in [6.07, 6.45) is 0.743. The van der Waals surface area contributed by atoms with E-state index >= 15 is 0 Å². The molecule has 1 N–H and O–H groups in total. The molecule has 1 heterocycles. The number of aryl methyl sites for hydroxylation is 2. The van der Waals surface area contributed by atoms with E-state index in [9.17, 15) is 13.2 Å². The van der Waals surface area contributed by atoms with Crippen LogP contribution in [0.5, 0.6) is 0 Å². The molecule has 0 fully saturated rings. The number of benzene rings is 2. The van der Waals surface area contributed by atoms with Crippen LogP contribution in [0.1, 0.15) is 51.4 Å². The monoisotopic (exact) mass is 456 g/mol. The van der Waals surface area contributed by atoms with E-state index in [1.165, 1.54) is 9.87 Å². The smallest absolute Gasteiger partial charge is 0.243 e. The summed E-state index contributed by atoms with van der Waals surface area (Å²) >= 11 is 0. The zero-order chi connectivity index (χ0) is 23.5. The molecule has 0 saturated heterocycles. The molecule has 1 aromatic heterocycles. The molecule has 172 valence electrons. The van der Waals surface area contributed by atoms with Gasteiger partial charge in [0.15, 0.2) is 0 Å². The van der Waals surface area contributed by atoms with E-state index in [4.69, 9.17) is 0 Å². The van der Waals surface area contributed by atoms with Gasteiger partial charge < -0.3 is 9.88 Å². The maximum Gasteiger partial charge on any atom is 0.243 e. The fraction of sp³-hybridized carbons (Fsp3) is 0.417. The molecule has 0 unspecified atom stereocenters. The fourth-order valence-corrected chi connectivity index (χ4v) is 5.20. The highest BCUT2D eigenvalue weighted by Crippen LogP contribution is 2.23. The molecule has 8 heteroatoms. The van der Waals surface area contributed by atoms with Gasteiger partial charge in [-0.1, -0.05) is 39.8 Å². The van der Waals surface area contributed by atoms with Crippen molar-refractivity contribution in [3.05, 3.63) is 53.9 Å². The zero-order valence-electron chi connectivity index (χ0n) is 19.4. The molecular formula is C24H32N4O3S. The predicted octanol–water partition coefficient (Wildman–Crippen LogP) is 4.30. The molecule has 0 bridgehead atoms. The highest BCUT2D eigenvalue weighted by atomic mass is 32.2. The van der Waals surface area contributed by atoms with E-state index in [1.807, 2.05) is 49.7 Å². The Bertz CT molecular complexity index is 1190. The first kappa shape index (κ1) is 23.9. The molecule has 1 amide bonds. The number of hydrogen-bond acceptors (Lipinski definition) is 4. The number of amides is 1. The van der Waals surface area contributed by atoms with Gasteiger partial charge in [0.25, 0.3) is 0 Å². The summed E-state index contributed by atoms with van der Waals surface area (Å²) in [7, 11) is -1.66. The average Bonchev–Trinajstić information content (AvgIpc) is 3.08. The number of rotatable bonds is 9. The van der Waals surface area contributed by atoms with Crippen molar-refractivity contribution >= 4 is 32.7 Å². The van der Waals surface area contributed by atoms with Gasteiger partial charge >= 0.3 is 0 Å². The van der Waals surface area contributed by atoms with Gasteiger partial charge in [0.1, 0.15) is 5.82 Å². The summed E-state index contributed by atoms with van der Waals surface area (Å²) in [6.45, 7) is 8.74. The van der Waals surface area contributed by atoms with Crippen LogP contribution in [0, 0.1) is 0 Å². The molecule has 0 aliphatic rings. The van der Waals surface area contributed by atoms with Gasteiger partial charge in [0.2, 0.25) is 15.9 Å². The van der Waals surface area contributed by atoms with Crippen molar-refractivity contribution in [3.63, 3.8) is 0 Å². The van der Waals surface area contributed by atoms with Crippen LogP contribution in [0.15, 0.2) is 47.4 Å². The van der Waals surface area contributed by atoms with Crippen LogP contribution in [0.3, 0.4) is 0 Å². The number of hydrogen-bond donors (Lipinski definition) is 1. The topological polar surface area (TPSA) is 84.3 Å². The molecular weight excluding hydrogens is 424 g/mol. The van der Waals surface area contributed by atoms with Gasteiger partial charge in [-0.2, -0.15) is 4.31 Å². The molecule has 0 saturated carbocycles. The molecule has 0 spiro atoms. The summed E-state index contributed by atoms with van der Waals surface area (Å²) < 4.78 is 29.0.